The lowest BCUT2D eigenvalue weighted by molar-refractivity contribution is 0.400. The molecular formula is C12H22N4. The molecule has 16 heavy (non-hydrogen) atoms. The SMILES string of the molecule is CCn1cc(C)nc1N1CC(C)NC(C)C1. The topological polar surface area (TPSA) is 33.1 Å². The Morgan fingerprint density at radius 1 is 1.38 bits per heavy atom. The second kappa shape index (κ2) is 4.45. The third-order valence-electron chi connectivity index (χ3n) is 3.06. The molecule has 0 saturated carbocycles. The molecule has 1 aromatic rings. The van der Waals surface area contributed by atoms with E-state index in [0.29, 0.717) is 12.1 Å². The van der Waals surface area contributed by atoms with Gasteiger partial charge in [0.25, 0.3) is 0 Å². The van der Waals surface area contributed by atoms with Crippen molar-refractivity contribution in [2.24, 2.45) is 0 Å². The summed E-state index contributed by atoms with van der Waals surface area (Å²) >= 11 is 0. The Bertz CT molecular complexity index is 348. The lowest BCUT2D eigenvalue weighted by Crippen LogP contribution is -2.55. The monoisotopic (exact) mass is 222 g/mol. The molecule has 1 aliphatic rings. The van der Waals surface area contributed by atoms with Crippen molar-refractivity contribution in [1.82, 2.24) is 14.9 Å². The Kier molecular flexibility index (Phi) is 3.19. The lowest BCUT2D eigenvalue weighted by atomic mass is 10.1. The van der Waals surface area contributed by atoms with E-state index in [0.717, 1.165) is 31.3 Å². The van der Waals surface area contributed by atoms with Gasteiger partial charge in [0.05, 0.1) is 5.69 Å². The molecule has 4 heteroatoms. The first-order valence-electron chi connectivity index (χ1n) is 6.15. The number of rotatable bonds is 2. The number of anilines is 1. The van der Waals surface area contributed by atoms with Crippen molar-refractivity contribution >= 4 is 5.95 Å². The number of nitrogens with zero attached hydrogens (tertiary/aromatic N) is 3. The number of aromatic nitrogens is 2. The molecule has 0 aliphatic carbocycles. The molecule has 1 aromatic heterocycles. The van der Waals surface area contributed by atoms with Crippen molar-refractivity contribution < 1.29 is 0 Å². The fourth-order valence-corrected chi connectivity index (χ4v) is 2.51. The standard InChI is InChI=1S/C12H22N4/c1-5-15-6-11(4)14-12(15)16-7-9(2)13-10(3)8-16/h6,9-10,13H,5,7-8H2,1-4H3. The van der Waals surface area contributed by atoms with Gasteiger partial charge in [0.2, 0.25) is 5.95 Å². The minimum Gasteiger partial charge on any atom is -0.339 e. The van der Waals surface area contributed by atoms with Gasteiger partial charge < -0.3 is 14.8 Å². The largest absolute Gasteiger partial charge is 0.339 e. The number of aryl methyl sites for hydroxylation is 2. The molecule has 0 bridgehead atoms. The van der Waals surface area contributed by atoms with E-state index in [4.69, 9.17) is 0 Å². The summed E-state index contributed by atoms with van der Waals surface area (Å²) in [6.07, 6.45) is 2.13. The smallest absolute Gasteiger partial charge is 0.205 e. The first-order valence-corrected chi connectivity index (χ1v) is 6.15. The van der Waals surface area contributed by atoms with E-state index in [1.165, 1.54) is 0 Å². The zero-order valence-corrected chi connectivity index (χ0v) is 10.7. The molecule has 1 aliphatic heterocycles. The summed E-state index contributed by atoms with van der Waals surface area (Å²) in [7, 11) is 0. The van der Waals surface area contributed by atoms with Crippen LogP contribution in [0.3, 0.4) is 0 Å². The summed E-state index contributed by atoms with van der Waals surface area (Å²) in [5.74, 6) is 1.13. The minimum absolute atomic E-state index is 0.533. The van der Waals surface area contributed by atoms with Gasteiger partial charge in [-0.1, -0.05) is 0 Å². The highest BCUT2D eigenvalue weighted by molar-refractivity contribution is 5.35. The summed E-state index contributed by atoms with van der Waals surface area (Å²) in [5, 5.41) is 3.54. The van der Waals surface area contributed by atoms with Crippen LogP contribution in [0.15, 0.2) is 6.20 Å². The quantitative estimate of drug-likeness (QED) is 0.821. The number of imidazole rings is 1. The average Bonchev–Trinajstić information content (AvgIpc) is 2.58. The van der Waals surface area contributed by atoms with Crippen LogP contribution >= 0.6 is 0 Å². The predicted molar refractivity (Wildman–Crippen MR) is 66.9 cm³/mol. The molecule has 0 aromatic carbocycles. The molecule has 90 valence electrons. The van der Waals surface area contributed by atoms with Crippen LogP contribution in [0.4, 0.5) is 5.95 Å². The van der Waals surface area contributed by atoms with Gasteiger partial charge in [-0.3, -0.25) is 0 Å². The molecule has 4 nitrogen and oxygen atoms in total. The molecule has 1 N–H and O–H groups in total. The van der Waals surface area contributed by atoms with Gasteiger partial charge in [0.15, 0.2) is 0 Å². The van der Waals surface area contributed by atoms with Crippen molar-refractivity contribution in [2.45, 2.75) is 46.3 Å². The maximum absolute atomic E-state index is 4.64. The number of hydrogen-bond acceptors (Lipinski definition) is 3. The summed E-state index contributed by atoms with van der Waals surface area (Å²) in [5.41, 5.74) is 1.11. The lowest BCUT2D eigenvalue weighted by Gasteiger charge is -2.36. The van der Waals surface area contributed by atoms with Crippen molar-refractivity contribution in [2.75, 3.05) is 18.0 Å². The minimum atomic E-state index is 0.533. The molecule has 2 atom stereocenters. The van der Waals surface area contributed by atoms with Crippen LogP contribution in [0.1, 0.15) is 26.5 Å². The van der Waals surface area contributed by atoms with Gasteiger partial charge in [0.1, 0.15) is 0 Å². The van der Waals surface area contributed by atoms with Gasteiger partial charge in [0, 0.05) is 37.9 Å². The second-order valence-electron chi connectivity index (χ2n) is 4.84. The van der Waals surface area contributed by atoms with Gasteiger partial charge >= 0.3 is 0 Å². The highest BCUT2D eigenvalue weighted by Gasteiger charge is 2.23. The molecule has 0 spiro atoms. The normalized spacial score (nSPS) is 26.1. The van der Waals surface area contributed by atoms with E-state index in [-0.39, 0.29) is 0 Å². The van der Waals surface area contributed by atoms with Crippen molar-refractivity contribution in [3.63, 3.8) is 0 Å². The maximum Gasteiger partial charge on any atom is 0.205 e. The highest BCUT2D eigenvalue weighted by Crippen LogP contribution is 2.17. The van der Waals surface area contributed by atoms with Crippen molar-refractivity contribution in [1.29, 1.82) is 0 Å². The van der Waals surface area contributed by atoms with Crippen molar-refractivity contribution in [3.8, 4) is 0 Å². The second-order valence-corrected chi connectivity index (χ2v) is 4.84. The van der Waals surface area contributed by atoms with Crippen LogP contribution < -0.4 is 10.2 Å². The summed E-state index contributed by atoms with van der Waals surface area (Å²) in [6, 6.07) is 1.07. The van der Waals surface area contributed by atoms with Crippen LogP contribution in [-0.2, 0) is 6.54 Å². The third kappa shape index (κ3) is 2.21. The van der Waals surface area contributed by atoms with E-state index in [9.17, 15) is 0 Å². The van der Waals surface area contributed by atoms with Crippen molar-refractivity contribution in [3.05, 3.63) is 11.9 Å². The molecule has 2 rings (SSSR count). The van der Waals surface area contributed by atoms with E-state index in [1.807, 2.05) is 0 Å². The number of hydrogen-bond donors (Lipinski definition) is 1. The Balaban J connectivity index is 2.22. The molecule has 1 fully saturated rings. The van der Waals surface area contributed by atoms with Crippen LogP contribution in [0.5, 0.6) is 0 Å². The zero-order chi connectivity index (χ0) is 11.7. The van der Waals surface area contributed by atoms with Gasteiger partial charge in [-0.2, -0.15) is 0 Å². The number of piperazine rings is 1. The Morgan fingerprint density at radius 2 is 2.00 bits per heavy atom. The van der Waals surface area contributed by atoms with Gasteiger partial charge in [-0.15, -0.1) is 0 Å². The summed E-state index contributed by atoms with van der Waals surface area (Å²) in [4.78, 5) is 7.03. The van der Waals surface area contributed by atoms with Crippen LogP contribution in [0.25, 0.3) is 0 Å². The third-order valence-corrected chi connectivity index (χ3v) is 3.06. The molecule has 0 amide bonds. The van der Waals surface area contributed by atoms with E-state index in [1.54, 1.807) is 0 Å². The zero-order valence-electron chi connectivity index (χ0n) is 10.7. The van der Waals surface area contributed by atoms with Crippen LogP contribution in [0, 0.1) is 6.92 Å². The average molecular weight is 222 g/mol. The fourth-order valence-electron chi connectivity index (χ4n) is 2.51. The molecule has 2 unspecified atom stereocenters. The maximum atomic E-state index is 4.64. The first kappa shape index (κ1) is 11.5. The van der Waals surface area contributed by atoms with E-state index in [2.05, 4.69) is 53.7 Å². The summed E-state index contributed by atoms with van der Waals surface area (Å²) < 4.78 is 2.24. The van der Waals surface area contributed by atoms with Crippen LogP contribution in [0.2, 0.25) is 0 Å². The van der Waals surface area contributed by atoms with Crippen LogP contribution in [-0.4, -0.2) is 34.7 Å². The predicted octanol–water partition coefficient (Wildman–Crippen LogP) is 1.40. The van der Waals surface area contributed by atoms with E-state index >= 15 is 0 Å². The molecule has 0 radical (unpaired) electrons. The summed E-state index contributed by atoms with van der Waals surface area (Å²) in [6.45, 7) is 11.8. The molecule has 1 saturated heterocycles. The van der Waals surface area contributed by atoms with E-state index < -0.39 is 0 Å². The van der Waals surface area contributed by atoms with Gasteiger partial charge in [-0.25, -0.2) is 4.98 Å². The molecule has 2 heterocycles. The van der Waals surface area contributed by atoms with Gasteiger partial charge in [-0.05, 0) is 27.7 Å². The molecular weight excluding hydrogens is 200 g/mol. The highest BCUT2D eigenvalue weighted by atomic mass is 15.3. The fraction of sp³-hybridized carbons (Fsp3) is 0.750. The Hall–Kier alpha value is -1.03. The Labute approximate surface area is 97.7 Å². The number of nitrogens with one attached hydrogen (secondary N) is 1. The first-order chi connectivity index (χ1) is 7.60. The Morgan fingerprint density at radius 3 is 2.56 bits per heavy atom.